The second-order valence-corrected chi connectivity index (χ2v) is 5.84. The second-order valence-electron chi connectivity index (χ2n) is 5.84. The zero-order chi connectivity index (χ0) is 15.9. The van der Waals surface area contributed by atoms with Gasteiger partial charge in [-0.15, -0.1) is 0 Å². The van der Waals surface area contributed by atoms with E-state index >= 15 is 0 Å². The number of amides is 2. The fourth-order valence-corrected chi connectivity index (χ4v) is 2.94. The van der Waals surface area contributed by atoms with E-state index in [1.54, 1.807) is 0 Å². The molecule has 0 bridgehead atoms. The Hall–Kier alpha value is -2.49. The predicted octanol–water partition coefficient (Wildman–Crippen LogP) is 3.29. The maximum atomic E-state index is 12.0. The lowest BCUT2D eigenvalue weighted by atomic mass is 10.1. The number of anilines is 1. The van der Waals surface area contributed by atoms with E-state index in [0.29, 0.717) is 13.1 Å². The standard InChI is InChI=1S/C19H23N3O/c23-19(20-14-16-8-2-1-3-9-16)21-15-17-10-4-5-11-18(17)22-12-6-7-13-22/h1-5,8-11H,6-7,12-15H2,(H2,20,21,23). The highest BCUT2D eigenvalue weighted by atomic mass is 16.2. The van der Waals surface area contributed by atoms with Gasteiger partial charge in [-0.2, -0.15) is 0 Å². The molecule has 0 spiro atoms. The number of carbonyl (C=O) groups is 1. The average Bonchev–Trinajstić information content (AvgIpc) is 3.14. The monoisotopic (exact) mass is 309 g/mol. The van der Waals surface area contributed by atoms with Crippen molar-refractivity contribution < 1.29 is 4.79 Å². The molecular formula is C19H23N3O. The Labute approximate surface area is 137 Å². The van der Waals surface area contributed by atoms with Crippen molar-refractivity contribution in [1.29, 1.82) is 0 Å². The van der Waals surface area contributed by atoms with Crippen LogP contribution in [-0.2, 0) is 13.1 Å². The highest BCUT2D eigenvalue weighted by Gasteiger charge is 2.15. The molecular weight excluding hydrogens is 286 g/mol. The molecule has 1 aliphatic heterocycles. The summed E-state index contributed by atoms with van der Waals surface area (Å²) in [6.45, 7) is 3.31. The molecule has 0 saturated carbocycles. The number of nitrogens with one attached hydrogen (secondary N) is 2. The van der Waals surface area contributed by atoms with Gasteiger partial charge in [0, 0.05) is 31.9 Å². The third kappa shape index (κ3) is 4.25. The minimum atomic E-state index is -0.134. The van der Waals surface area contributed by atoms with Gasteiger partial charge in [0.15, 0.2) is 0 Å². The highest BCUT2D eigenvalue weighted by Crippen LogP contribution is 2.24. The molecule has 0 radical (unpaired) electrons. The van der Waals surface area contributed by atoms with Crippen molar-refractivity contribution in [3.8, 4) is 0 Å². The molecule has 1 heterocycles. The average molecular weight is 309 g/mol. The van der Waals surface area contributed by atoms with Crippen molar-refractivity contribution in [1.82, 2.24) is 10.6 Å². The van der Waals surface area contributed by atoms with E-state index in [9.17, 15) is 4.79 Å². The molecule has 0 atom stereocenters. The Morgan fingerprint density at radius 1 is 0.870 bits per heavy atom. The number of hydrogen-bond donors (Lipinski definition) is 2. The molecule has 1 fully saturated rings. The van der Waals surface area contributed by atoms with Crippen LogP contribution in [0.15, 0.2) is 54.6 Å². The lowest BCUT2D eigenvalue weighted by Gasteiger charge is -2.21. The molecule has 23 heavy (non-hydrogen) atoms. The molecule has 2 N–H and O–H groups in total. The Kier molecular flexibility index (Phi) is 5.14. The minimum Gasteiger partial charge on any atom is -0.371 e. The van der Waals surface area contributed by atoms with Gasteiger partial charge in [-0.3, -0.25) is 0 Å². The SMILES string of the molecule is O=C(NCc1ccccc1)NCc1ccccc1N1CCCC1. The molecule has 2 aromatic rings. The first-order valence-electron chi connectivity index (χ1n) is 8.21. The van der Waals surface area contributed by atoms with Gasteiger partial charge in [-0.1, -0.05) is 48.5 Å². The molecule has 0 aliphatic carbocycles. The smallest absolute Gasteiger partial charge is 0.315 e. The number of benzene rings is 2. The third-order valence-electron chi connectivity index (χ3n) is 4.17. The van der Waals surface area contributed by atoms with Crippen LogP contribution in [0.4, 0.5) is 10.5 Å². The van der Waals surface area contributed by atoms with Crippen molar-refractivity contribution in [3.63, 3.8) is 0 Å². The first-order chi connectivity index (χ1) is 11.3. The number of rotatable bonds is 5. The third-order valence-corrected chi connectivity index (χ3v) is 4.17. The zero-order valence-corrected chi connectivity index (χ0v) is 13.3. The maximum Gasteiger partial charge on any atom is 0.315 e. The summed E-state index contributed by atoms with van der Waals surface area (Å²) < 4.78 is 0. The molecule has 3 rings (SSSR count). The van der Waals surface area contributed by atoms with E-state index in [1.165, 1.54) is 24.1 Å². The summed E-state index contributed by atoms with van der Waals surface area (Å²) in [6.07, 6.45) is 2.50. The first-order valence-corrected chi connectivity index (χ1v) is 8.21. The van der Waals surface area contributed by atoms with E-state index in [4.69, 9.17) is 0 Å². The van der Waals surface area contributed by atoms with E-state index < -0.39 is 0 Å². The normalized spacial score (nSPS) is 13.8. The van der Waals surface area contributed by atoms with Crippen LogP contribution in [-0.4, -0.2) is 19.1 Å². The van der Waals surface area contributed by atoms with E-state index in [-0.39, 0.29) is 6.03 Å². The number of hydrogen-bond acceptors (Lipinski definition) is 2. The molecule has 120 valence electrons. The summed E-state index contributed by atoms with van der Waals surface area (Å²) in [7, 11) is 0. The van der Waals surface area contributed by atoms with Crippen LogP contribution in [0.5, 0.6) is 0 Å². The van der Waals surface area contributed by atoms with Gasteiger partial charge in [-0.05, 0) is 30.0 Å². The second kappa shape index (κ2) is 7.68. The van der Waals surface area contributed by atoms with Crippen LogP contribution in [0.2, 0.25) is 0 Å². The van der Waals surface area contributed by atoms with Gasteiger partial charge < -0.3 is 15.5 Å². The molecule has 4 nitrogen and oxygen atoms in total. The van der Waals surface area contributed by atoms with Crippen molar-refractivity contribution in [3.05, 3.63) is 65.7 Å². The van der Waals surface area contributed by atoms with Crippen molar-refractivity contribution in [2.75, 3.05) is 18.0 Å². The lowest BCUT2D eigenvalue weighted by Crippen LogP contribution is -2.35. The van der Waals surface area contributed by atoms with E-state index in [1.807, 2.05) is 36.4 Å². The Morgan fingerprint density at radius 3 is 2.30 bits per heavy atom. The molecule has 1 saturated heterocycles. The van der Waals surface area contributed by atoms with Crippen LogP contribution in [0.1, 0.15) is 24.0 Å². The molecule has 2 amide bonds. The fourth-order valence-electron chi connectivity index (χ4n) is 2.94. The Bertz CT molecular complexity index is 636. The quantitative estimate of drug-likeness (QED) is 0.890. The fraction of sp³-hybridized carbons (Fsp3) is 0.316. The Balaban J connectivity index is 1.53. The van der Waals surface area contributed by atoms with Crippen LogP contribution < -0.4 is 15.5 Å². The number of nitrogens with zero attached hydrogens (tertiary/aromatic N) is 1. The van der Waals surface area contributed by atoms with Crippen molar-refractivity contribution in [2.24, 2.45) is 0 Å². The number of para-hydroxylation sites is 1. The summed E-state index contributed by atoms with van der Waals surface area (Å²) >= 11 is 0. The molecule has 0 unspecified atom stereocenters. The van der Waals surface area contributed by atoms with Gasteiger partial charge in [0.25, 0.3) is 0 Å². The summed E-state index contributed by atoms with van der Waals surface area (Å²) in [4.78, 5) is 14.4. The van der Waals surface area contributed by atoms with Crippen LogP contribution in [0, 0.1) is 0 Å². The number of urea groups is 1. The number of carbonyl (C=O) groups excluding carboxylic acids is 1. The van der Waals surface area contributed by atoms with Gasteiger partial charge in [0.05, 0.1) is 0 Å². The zero-order valence-electron chi connectivity index (χ0n) is 13.3. The lowest BCUT2D eigenvalue weighted by molar-refractivity contribution is 0.240. The van der Waals surface area contributed by atoms with Crippen molar-refractivity contribution >= 4 is 11.7 Å². The Morgan fingerprint density at radius 2 is 1.52 bits per heavy atom. The molecule has 2 aromatic carbocycles. The van der Waals surface area contributed by atoms with E-state index in [2.05, 4.69) is 33.7 Å². The first kappa shape index (κ1) is 15.4. The summed E-state index contributed by atoms with van der Waals surface area (Å²) in [5.41, 5.74) is 3.51. The van der Waals surface area contributed by atoms with Crippen LogP contribution in [0.3, 0.4) is 0 Å². The molecule has 1 aliphatic rings. The predicted molar refractivity (Wildman–Crippen MR) is 93.4 cm³/mol. The van der Waals surface area contributed by atoms with Crippen LogP contribution in [0.25, 0.3) is 0 Å². The molecule has 0 aromatic heterocycles. The van der Waals surface area contributed by atoms with Gasteiger partial charge in [-0.25, -0.2) is 4.79 Å². The topological polar surface area (TPSA) is 44.4 Å². The summed E-state index contributed by atoms with van der Waals surface area (Å²) in [5.74, 6) is 0. The van der Waals surface area contributed by atoms with Crippen molar-refractivity contribution in [2.45, 2.75) is 25.9 Å². The van der Waals surface area contributed by atoms with Gasteiger partial charge >= 0.3 is 6.03 Å². The summed E-state index contributed by atoms with van der Waals surface area (Å²) in [5, 5.41) is 5.85. The van der Waals surface area contributed by atoms with E-state index in [0.717, 1.165) is 18.7 Å². The van der Waals surface area contributed by atoms with Gasteiger partial charge in [0.1, 0.15) is 0 Å². The molecule has 4 heteroatoms. The van der Waals surface area contributed by atoms with Gasteiger partial charge in [0.2, 0.25) is 0 Å². The summed E-state index contributed by atoms with van der Waals surface area (Å²) in [6, 6.07) is 18.1. The largest absolute Gasteiger partial charge is 0.371 e. The maximum absolute atomic E-state index is 12.0. The minimum absolute atomic E-state index is 0.134. The highest BCUT2D eigenvalue weighted by molar-refractivity contribution is 5.74. The van der Waals surface area contributed by atoms with Crippen LogP contribution >= 0.6 is 0 Å².